The molecule has 4 aromatic carbocycles. The summed E-state index contributed by atoms with van der Waals surface area (Å²) in [7, 11) is 0. The van der Waals surface area contributed by atoms with Gasteiger partial charge in [0.15, 0.2) is 0 Å². The van der Waals surface area contributed by atoms with E-state index in [4.69, 9.17) is 4.99 Å². The summed E-state index contributed by atoms with van der Waals surface area (Å²) in [5.74, 6) is 0. The molecule has 1 aliphatic heterocycles. The second-order valence-corrected chi connectivity index (χ2v) is 8.38. The summed E-state index contributed by atoms with van der Waals surface area (Å²) in [5, 5.41) is 2.60. The van der Waals surface area contributed by atoms with Crippen molar-refractivity contribution in [2.24, 2.45) is 4.99 Å². The van der Waals surface area contributed by atoms with Crippen molar-refractivity contribution in [2.45, 2.75) is 0 Å². The zero-order valence-electron chi connectivity index (χ0n) is 15.7. The molecule has 1 aliphatic carbocycles. The van der Waals surface area contributed by atoms with Crippen molar-refractivity contribution in [3.63, 3.8) is 0 Å². The van der Waals surface area contributed by atoms with Crippen molar-refractivity contribution in [3.8, 4) is 11.1 Å². The first kappa shape index (κ1) is 23.0. The van der Waals surface area contributed by atoms with Crippen LogP contribution in [0.15, 0.2) is 83.9 Å². The Morgan fingerprint density at radius 3 is 2.27 bits per heavy atom. The van der Waals surface area contributed by atoms with Crippen LogP contribution in [-0.4, -0.2) is 5.71 Å². The number of allylic oxidation sites excluding steroid dienone is 1. The van der Waals surface area contributed by atoms with E-state index in [0.717, 1.165) is 11.4 Å². The van der Waals surface area contributed by atoms with Gasteiger partial charge in [0.1, 0.15) is 0 Å². The Morgan fingerprint density at radius 1 is 0.667 bits per heavy atom. The molecule has 144 valence electrons. The third kappa shape index (κ3) is 3.41. The average Bonchev–Trinajstić information content (AvgIpc) is 3.24. The molecule has 0 N–H and O–H groups in total. The van der Waals surface area contributed by atoms with Crippen molar-refractivity contribution >= 4 is 37.1 Å². The van der Waals surface area contributed by atoms with Crippen LogP contribution in [0.2, 0.25) is 0 Å². The van der Waals surface area contributed by atoms with E-state index in [9.17, 15) is 0 Å². The number of halogens is 3. The van der Waals surface area contributed by atoms with Gasteiger partial charge in [-0.25, -0.2) is 0 Å². The molecule has 0 fully saturated rings. The molecular formula is C25H14Cl3NZr. The molecule has 0 saturated heterocycles. The molecule has 0 atom stereocenters. The minimum absolute atomic E-state index is 0. The molecule has 0 amide bonds. The Labute approximate surface area is 209 Å². The average molecular weight is 526 g/mol. The van der Waals surface area contributed by atoms with Crippen LogP contribution in [0.5, 0.6) is 0 Å². The second-order valence-electron chi connectivity index (χ2n) is 7.05. The van der Waals surface area contributed by atoms with E-state index in [2.05, 4.69) is 84.9 Å². The molecule has 0 spiro atoms. The van der Waals surface area contributed by atoms with Crippen molar-refractivity contribution in [1.29, 1.82) is 0 Å². The van der Waals surface area contributed by atoms with E-state index < -0.39 is 0 Å². The number of hydrogen-bond donors (Lipinski definition) is 0. The SMILES string of the molecule is [Cl-].[Cl-].[Cl-].[Zr+3][c]1cccc2ccc3c(c12)N=C1C3=Cc2ccc(-c3ccccc3)cc21. The predicted octanol–water partition coefficient (Wildman–Crippen LogP) is -3.32. The summed E-state index contributed by atoms with van der Waals surface area (Å²) in [6.45, 7) is 0. The van der Waals surface area contributed by atoms with Gasteiger partial charge in [-0.15, -0.1) is 0 Å². The predicted molar refractivity (Wildman–Crippen MR) is 110 cm³/mol. The molecule has 0 radical (unpaired) electrons. The van der Waals surface area contributed by atoms with Gasteiger partial charge in [-0.2, -0.15) is 0 Å². The van der Waals surface area contributed by atoms with Gasteiger partial charge in [0.25, 0.3) is 0 Å². The molecule has 0 bridgehead atoms. The zero-order chi connectivity index (χ0) is 18.0. The van der Waals surface area contributed by atoms with Gasteiger partial charge in [-0.05, 0) is 0 Å². The van der Waals surface area contributed by atoms with Gasteiger partial charge in [0.2, 0.25) is 0 Å². The number of benzene rings is 4. The quantitative estimate of drug-likeness (QED) is 0.247. The Balaban J connectivity index is 0.000000853. The number of nitrogens with zero attached hydrogens (tertiary/aromatic N) is 1. The van der Waals surface area contributed by atoms with E-state index in [1.807, 2.05) is 0 Å². The Hall–Kier alpha value is -1.70. The van der Waals surface area contributed by atoms with Crippen molar-refractivity contribution in [2.75, 3.05) is 0 Å². The van der Waals surface area contributed by atoms with E-state index in [0.29, 0.717) is 0 Å². The molecule has 1 nitrogen and oxygen atoms in total. The van der Waals surface area contributed by atoms with Crippen molar-refractivity contribution in [3.05, 3.63) is 95.6 Å². The van der Waals surface area contributed by atoms with Gasteiger partial charge in [-0.3, -0.25) is 0 Å². The molecule has 30 heavy (non-hydrogen) atoms. The topological polar surface area (TPSA) is 12.4 Å². The normalized spacial score (nSPS) is 12.5. The molecule has 5 heteroatoms. The molecule has 0 saturated carbocycles. The van der Waals surface area contributed by atoms with Crippen LogP contribution < -0.4 is 40.5 Å². The maximum absolute atomic E-state index is 5.14. The number of fused-ring (bicyclic) bond motifs is 7. The van der Waals surface area contributed by atoms with Crippen LogP contribution in [0.1, 0.15) is 16.7 Å². The zero-order valence-corrected chi connectivity index (χ0v) is 20.4. The van der Waals surface area contributed by atoms with Crippen molar-refractivity contribution < 1.29 is 61.9 Å². The summed E-state index contributed by atoms with van der Waals surface area (Å²) in [4.78, 5) is 5.14. The van der Waals surface area contributed by atoms with Gasteiger partial charge in [0.05, 0.1) is 0 Å². The van der Waals surface area contributed by atoms with Gasteiger partial charge < -0.3 is 37.2 Å². The fraction of sp³-hybridized carbons (Fsp3) is 0. The fourth-order valence-electron chi connectivity index (χ4n) is 4.20. The summed E-state index contributed by atoms with van der Waals surface area (Å²) in [6.07, 6.45) is 2.30. The first-order valence-corrected chi connectivity index (χ1v) is 10.3. The minimum atomic E-state index is 0. The van der Waals surface area contributed by atoms with Crippen LogP contribution in [0.3, 0.4) is 0 Å². The fourth-order valence-corrected chi connectivity index (χ4v) is 5.08. The molecule has 1 heterocycles. The van der Waals surface area contributed by atoms with Crippen LogP contribution in [0.4, 0.5) is 5.69 Å². The molecule has 4 aromatic rings. The third-order valence-corrected chi connectivity index (χ3v) is 6.53. The van der Waals surface area contributed by atoms with Crippen molar-refractivity contribution in [1.82, 2.24) is 0 Å². The monoisotopic (exact) mass is 523 g/mol. The van der Waals surface area contributed by atoms with Crippen LogP contribution in [0.25, 0.3) is 33.5 Å². The van der Waals surface area contributed by atoms with Crippen LogP contribution in [-0.2, 0) is 24.7 Å². The van der Waals surface area contributed by atoms with Gasteiger partial charge in [0, 0.05) is 0 Å². The number of rotatable bonds is 1. The molecule has 6 rings (SSSR count). The Bertz CT molecular complexity index is 1330. The van der Waals surface area contributed by atoms with E-state index in [1.165, 1.54) is 72.2 Å². The van der Waals surface area contributed by atoms with E-state index >= 15 is 0 Å². The summed E-state index contributed by atoms with van der Waals surface area (Å²) >= 11 is 1.43. The Kier molecular flexibility index (Phi) is 6.75. The maximum atomic E-state index is 5.14. The number of aliphatic imine (C=N–C) groups is 1. The molecule has 0 aromatic heterocycles. The van der Waals surface area contributed by atoms with E-state index in [1.54, 1.807) is 0 Å². The summed E-state index contributed by atoms with van der Waals surface area (Å²) in [6, 6.07) is 28.3. The second kappa shape index (κ2) is 8.81. The van der Waals surface area contributed by atoms with Crippen LogP contribution in [0, 0.1) is 0 Å². The Morgan fingerprint density at radius 2 is 1.47 bits per heavy atom. The molecule has 0 unspecified atom stereocenters. The third-order valence-electron chi connectivity index (χ3n) is 5.50. The van der Waals surface area contributed by atoms with E-state index in [-0.39, 0.29) is 37.2 Å². The molecular weight excluding hydrogens is 512 g/mol. The van der Waals surface area contributed by atoms with Gasteiger partial charge in [-0.1, -0.05) is 0 Å². The molecule has 2 aliphatic rings. The van der Waals surface area contributed by atoms with Crippen LogP contribution >= 0.6 is 0 Å². The standard InChI is InChI=1S/C25H14N.3ClH.Zr/c1-2-6-16(7-3-1)18-10-11-19-15-23-21-13-12-17-8-4-5-9-20(17)24(21)26-25(23)22(19)14-18;;;;/h1-8,10-15H;3*1H;/q;;;;+3/p-3. The summed E-state index contributed by atoms with van der Waals surface area (Å²) < 4.78 is 1.37. The first-order valence-electron chi connectivity index (χ1n) is 9.08. The summed E-state index contributed by atoms with van der Waals surface area (Å²) in [5.41, 5.74) is 9.82. The first-order chi connectivity index (χ1) is 13.3. The number of hydrogen-bond acceptors (Lipinski definition) is 1. The van der Waals surface area contributed by atoms with Gasteiger partial charge >= 0.3 is 173 Å².